The van der Waals surface area contributed by atoms with Crippen molar-refractivity contribution in [3.8, 4) is 0 Å². The molecule has 0 radical (unpaired) electrons. The minimum Gasteiger partial charge on any atom is -0.317 e. The Balaban J connectivity index is 2.24. The average molecular weight is 263 g/mol. The lowest BCUT2D eigenvalue weighted by Crippen LogP contribution is -2.44. The lowest BCUT2D eigenvalue weighted by molar-refractivity contribution is 0.248. The van der Waals surface area contributed by atoms with Crippen molar-refractivity contribution in [2.24, 2.45) is 0 Å². The second-order valence-corrected chi connectivity index (χ2v) is 6.59. The third kappa shape index (κ3) is 6.35. The molecule has 0 saturated carbocycles. The number of hydrogen-bond acceptors (Lipinski definition) is 4. The first-order valence-corrected chi connectivity index (χ1v) is 8.08. The zero-order chi connectivity index (χ0) is 12.7. The summed E-state index contributed by atoms with van der Waals surface area (Å²) in [6.45, 7) is 5.63. The molecule has 2 N–H and O–H groups in total. The van der Waals surface area contributed by atoms with Crippen molar-refractivity contribution in [3.63, 3.8) is 0 Å². The van der Waals surface area contributed by atoms with Crippen molar-refractivity contribution in [2.45, 2.75) is 32.2 Å². The molecular weight excluding hydrogens is 238 g/mol. The van der Waals surface area contributed by atoms with E-state index in [2.05, 4.69) is 22.0 Å². The van der Waals surface area contributed by atoms with Gasteiger partial charge in [-0.05, 0) is 52.5 Å². The van der Waals surface area contributed by atoms with Gasteiger partial charge >= 0.3 is 0 Å². The van der Waals surface area contributed by atoms with Crippen LogP contribution >= 0.6 is 0 Å². The van der Waals surface area contributed by atoms with Gasteiger partial charge in [0.15, 0.2) is 0 Å². The smallest absolute Gasteiger partial charge is 0.211 e. The van der Waals surface area contributed by atoms with Gasteiger partial charge in [-0.3, -0.25) is 0 Å². The van der Waals surface area contributed by atoms with Gasteiger partial charge in [0, 0.05) is 6.04 Å². The Morgan fingerprint density at radius 1 is 1.29 bits per heavy atom. The first-order chi connectivity index (χ1) is 8.03. The lowest BCUT2D eigenvalue weighted by atomic mass is 10.1. The second-order valence-electron chi connectivity index (χ2n) is 4.72. The molecule has 5 nitrogen and oxygen atoms in total. The SMILES string of the molecule is CCNCCCS(=O)(=O)NC1CCN(C)CC1. The normalized spacial score (nSPS) is 19.6. The van der Waals surface area contributed by atoms with Crippen molar-refractivity contribution < 1.29 is 8.42 Å². The fourth-order valence-electron chi connectivity index (χ4n) is 2.00. The van der Waals surface area contributed by atoms with Gasteiger partial charge in [0.05, 0.1) is 5.75 Å². The highest BCUT2D eigenvalue weighted by molar-refractivity contribution is 7.89. The predicted molar refractivity (Wildman–Crippen MR) is 70.6 cm³/mol. The predicted octanol–water partition coefficient (Wildman–Crippen LogP) is -0.000400. The summed E-state index contributed by atoms with van der Waals surface area (Å²) in [6.07, 6.45) is 2.52. The van der Waals surface area contributed by atoms with Gasteiger partial charge in [-0.1, -0.05) is 6.92 Å². The van der Waals surface area contributed by atoms with Crippen LogP contribution in [0.1, 0.15) is 26.2 Å². The van der Waals surface area contributed by atoms with Crippen LogP contribution in [0.15, 0.2) is 0 Å². The highest BCUT2D eigenvalue weighted by atomic mass is 32.2. The maximum absolute atomic E-state index is 11.8. The van der Waals surface area contributed by atoms with Crippen molar-refractivity contribution in [3.05, 3.63) is 0 Å². The van der Waals surface area contributed by atoms with Crippen LogP contribution in [0.2, 0.25) is 0 Å². The van der Waals surface area contributed by atoms with Gasteiger partial charge in [0.25, 0.3) is 0 Å². The molecule has 17 heavy (non-hydrogen) atoms. The monoisotopic (exact) mass is 263 g/mol. The third-order valence-corrected chi connectivity index (χ3v) is 4.60. The fourth-order valence-corrected chi connectivity index (χ4v) is 3.39. The van der Waals surface area contributed by atoms with Gasteiger partial charge in [0.1, 0.15) is 0 Å². The summed E-state index contributed by atoms with van der Waals surface area (Å²) in [5, 5.41) is 3.13. The number of nitrogens with one attached hydrogen (secondary N) is 2. The maximum atomic E-state index is 11.8. The molecule has 0 unspecified atom stereocenters. The van der Waals surface area contributed by atoms with Gasteiger partial charge < -0.3 is 10.2 Å². The van der Waals surface area contributed by atoms with E-state index in [9.17, 15) is 8.42 Å². The molecule has 1 aliphatic rings. The molecule has 1 fully saturated rings. The van der Waals surface area contributed by atoms with E-state index in [1.807, 2.05) is 6.92 Å². The first kappa shape index (κ1) is 14.9. The maximum Gasteiger partial charge on any atom is 0.211 e. The van der Waals surface area contributed by atoms with Crippen molar-refractivity contribution in [1.82, 2.24) is 14.9 Å². The molecule has 0 aliphatic carbocycles. The van der Waals surface area contributed by atoms with E-state index in [0.717, 1.165) is 39.0 Å². The Kier molecular flexibility index (Phi) is 6.40. The van der Waals surface area contributed by atoms with Crippen LogP contribution in [-0.4, -0.2) is 58.3 Å². The van der Waals surface area contributed by atoms with E-state index in [-0.39, 0.29) is 11.8 Å². The summed E-state index contributed by atoms with van der Waals surface area (Å²) < 4.78 is 26.4. The van der Waals surface area contributed by atoms with Gasteiger partial charge in [-0.15, -0.1) is 0 Å². The summed E-state index contributed by atoms with van der Waals surface area (Å²) in [5.41, 5.74) is 0. The Morgan fingerprint density at radius 2 is 1.94 bits per heavy atom. The lowest BCUT2D eigenvalue weighted by Gasteiger charge is -2.29. The Bertz CT molecular complexity index is 298. The van der Waals surface area contributed by atoms with Gasteiger partial charge in [0.2, 0.25) is 10.0 Å². The minimum absolute atomic E-state index is 0.135. The summed E-state index contributed by atoms with van der Waals surface area (Å²) in [4.78, 5) is 2.23. The molecule has 0 atom stereocenters. The molecule has 0 aromatic carbocycles. The highest BCUT2D eigenvalue weighted by Crippen LogP contribution is 2.09. The average Bonchev–Trinajstić information content (AvgIpc) is 2.27. The summed E-state index contributed by atoms with van der Waals surface area (Å²) in [6, 6.07) is 0.135. The molecule has 0 aromatic rings. The Morgan fingerprint density at radius 3 is 2.53 bits per heavy atom. The fraction of sp³-hybridized carbons (Fsp3) is 1.00. The van der Waals surface area contributed by atoms with Crippen LogP contribution in [0.3, 0.4) is 0 Å². The van der Waals surface area contributed by atoms with E-state index in [1.54, 1.807) is 0 Å². The molecule has 1 rings (SSSR count). The van der Waals surface area contributed by atoms with Crippen LogP contribution in [0.5, 0.6) is 0 Å². The number of piperidine rings is 1. The highest BCUT2D eigenvalue weighted by Gasteiger charge is 2.21. The molecule has 0 spiro atoms. The molecule has 0 amide bonds. The number of nitrogens with zero attached hydrogens (tertiary/aromatic N) is 1. The van der Waals surface area contributed by atoms with Gasteiger partial charge in [-0.2, -0.15) is 0 Å². The molecule has 0 bridgehead atoms. The van der Waals surface area contributed by atoms with E-state index in [0.29, 0.717) is 6.42 Å². The van der Waals surface area contributed by atoms with Crippen LogP contribution in [0.25, 0.3) is 0 Å². The molecule has 1 saturated heterocycles. The molecule has 1 heterocycles. The molecular formula is C11H25N3O2S. The number of likely N-dealkylation sites (tertiary alicyclic amines) is 1. The van der Waals surface area contributed by atoms with Crippen molar-refractivity contribution in [1.29, 1.82) is 0 Å². The molecule has 0 aromatic heterocycles. The number of hydrogen-bond donors (Lipinski definition) is 2. The van der Waals surface area contributed by atoms with Crippen LogP contribution in [-0.2, 0) is 10.0 Å². The molecule has 6 heteroatoms. The molecule has 1 aliphatic heterocycles. The zero-order valence-electron chi connectivity index (χ0n) is 10.9. The van der Waals surface area contributed by atoms with Crippen LogP contribution in [0, 0.1) is 0 Å². The number of rotatable bonds is 7. The quantitative estimate of drug-likeness (QED) is 0.635. The van der Waals surface area contributed by atoms with E-state index in [4.69, 9.17) is 0 Å². The van der Waals surface area contributed by atoms with E-state index >= 15 is 0 Å². The first-order valence-electron chi connectivity index (χ1n) is 6.43. The third-order valence-electron chi connectivity index (χ3n) is 3.08. The number of sulfonamides is 1. The zero-order valence-corrected chi connectivity index (χ0v) is 11.7. The van der Waals surface area contributed by atoms with Crippen LogP contribution < -0.4 is 10.0 Å². The van der Waals surface area contributed by atoms with Crippen molar-refractivity contribution >= 4 is 10.0 Å². The van der Waals surface area contributed by atoms with E-state index in [1.165, 1.54) is 0 Å². The Labute approximate surface area is 105 Å². The van der Waals surface area contributed by atoms with Crippen molar-refractivity contribution in [2.75, 3.05) is 39.0 Å². The largest absolute Gasteiger partial charge is 0.317 e. The summed E-state index contributed by atoms with van der Waals surface area (Å²) in [7, 11) is -1.02. The van der Waals surface area contributed by atoms with Gasteiger partial charge in [-0.25, -0.2) is 13.1 Å². The standard InChI is InChI=1S/C11H25N3O2S/c1-3-12-7-4-10-17(15,16)13-11-5-8-14(2)9-6-11/h11-13H,3-10H2,1-2H3. The Hall–Kier alpha value is -0.170. The summed E-state index contributed by atoms with van der Waals surface area (Å²) >= 11 is 0. The molecule has 102 valence electrons. The topological polar surface area (TPSA) is 61.4 Å². The van der Waals surface area contributed by atoms with E-state index < -0.39 is 10.0 Å². The second kappa shape index (κ2) is 7.31. The summed E-state index contributed by atoms with van der Waals surface area (Å²) in [5.74, 6) is 0.229. The minimum atomic E-state index is -3.09. The van der Waals surface area contributed by atoms with Crippen LogP contribution in [0.4, 0.5) is 0 Å².